The average Bonchev–Trinajstić information content (AvgIpc) is 2.95. The SMILES string of the molecule is CC1(C)CCCN(C(C)(CN)C2(C)CC2)C1. The maximum atomic E-state index is 6.11. The van der Waals surface area contributed by atoms with E-state index in [9.17, 15) is 0 Å². The summed E-state index contributed by atoms with van der Waals surface area (Å²) in [6.07, 6.45) is 5.41. The molecule has 0 spiro atoms. The molecule has 2 rings (SSSR count). The van der Waals surface area contributed by atoms with Gasteiger partial charge in [-0.25, -0.2) is 0 Å². The highest BCUT2D eigenvalue weighted by Gasteiger charge is 2.55. The van der Waals surface area contributed by atoms with Gasteiger partial charge in [0.05, 0.1) is 0 Å². The lowest BCUT2D eigenvalue weighted by Gasteiger charge is -2.51. The zero-order chi connectivity index (χ0) is 12.0. The lowest BCUT2D eigenvalue weighted by Crippen LogP contribution is -2.60. The average molecular weight is 224 g/mol. The Morgan fingerprint density at radius 2 is 1.81 bits per heavy atom. The summed E-state index contributed by atoms with van der Waals surface area (Å²) in [5.74, 6) is 0. The summed E-state index contributed by atoms with van der Waals surface area (Å²) in [7, 11) is 0. The summed E-state index contributed by atoms with van der Waals surface area (Å²) in [4.78, 5) is 2.68. The molecule has 1 aliphatic carbocycles. The van der Waals surface area contributed by atoms with Crippen LogP contribution in [0.3, 0.4) is 0 Å². The van der Waals surface area contributed by atoms with Crippen LogP contribution in [0.5, 0.6) is 0 Å². The van der Waals surface area contributed by atoms with Gasteiger partial charge in [-0.1, -0.05) is 20.8 Å². The van der Waals surface area contributed by atoms with Crippen molar-refractivity contribution in [1.29, 1.82) is 0 Å². The number of nitrogens with zero attached hydrogens (tertiary/aromatic N) is 1. The van der Waals surface area contributed by atoms with Gasteiger partial charge in [-0.3, -0.25) is 4.90 Å². The maximum absolute atomic E-state index is 6.11. The maximum Gasteiger partial charge on any atom is 0.0357 e. The fraction of sp³-hybridized carbons (Fsp3) is 1.00. The summed E-state index contributed by atoms with van der Waals surface area (Å²) in [6, 6.07) is 0. The van der Waals surface area contributed by atoms with E-state index in [4.69, 9.17) is 5.73 Å². The minimum atomic E-state index is 0.227. The van der Waals surface area contributed by atoms with Crippen molar-refractivity contribution >= 4 is 0 Å². The van der Waals surface area contributed by atoms with E-state index in [-0.39, 0.29) is 5.54 Å². The molecule has 2 N–H and O–H groups in total. The molecule has 16 heavy (non-hydrogen) atoms. The van der Waals surface area contributed by atoms with Gasteiger partial charge in [0, 0.05) is 18.6 Å². The van der Waals surface area contributed by atoms with Gasteiger partial charge in [-0.2, -0.15) is 0 Å². The lowest BCUT2D eigenvalue weighted by atomic mass is 9.76. The van der Waals surface area contributed by atoms with Gasteiger partial charge in [0.15, 0.2) is 0 Å². The van der Waals surface area contributed by atoms with Crippen LogP contribution < -0.4 is 5.73 Å². The fourth-order valence-electron chi connectivity index (χ4n) is 3.33. The van der Waals surface area contributed by atoms with Crippen LogP contribution in [0.2, 0.25) is 0 Å². The van der Waals surface area contributed by atoms with Crippen molar-refractivity contribution in [3.63, 3.8) is 0 Å². The van der Waals surface area contributed by atoms with Gasteiger partial charge < -0.3 is 5.73 Å². The van der Waals surface area contributed by atoms with Crippen molar-refractivity contribution < 1.29 is 0 Å². The first-order chi connectivity index (χ1) is 7.33. The van der Waals surface area contributed by atoms with Crippen LogP contribution in [0.1, 0.15) is 53.4 Å². The van der Waals surface area contributed by atoms with E-state index in [1.54, 1.807) is 0 Å². The molecule has 1 atom stereocenters. The lowest BCUT2D eigenvalue weighted by molar-refractivity contribution is -0.0105. The van der Waals surface area contributed by atoms with Crippen LogP contribution in [-0.2, 0) is 0 Å². The molecule has 0 radical (unpaired) electrons. The highest BCUT2D eigenvalue weighted by atomic mass is 15.2. The van der Waals surface area contributed by atoms with Crippen LogP contribution in [0.25, 0.3) is 0 Å². The second-order valence-corrected chi connectivity index (χ2v) is 7.23. The Bertz CT molecular complexity index is 268. The van der Waals surface area contributed by atoms with E-state index in [0.29, 0.717) is 10.8 Å². The first-order valence-electron chi connectivity index (χ1n) is 6.78. The van der Waals surface area contributed by atoms with Crippen molar-refractivity contribution in [2.45, 2.75) is 58.9 Å². The summed E-state index contributed by atoms with van der Waals surface area (Å²) in [5.41, 5.74) is 7.29. The molecule has 2 fully saturated rings. The molecular weight excluding hydrogens is 196 g/mol. The topological polar surface area (TPSA) is 29.3 Å². The number of likely N-dealkylation sites (tertiary alicyclic amines) is 1. The third-order valence-electron chi connectivity index (χ3n) is 5.30. The molecule has 2 nitrogen and oxygen atoms in total. The van der Waals surface area contributed by atoms with Gasteiger partial charge in [-0.05, 0) is 50.0 Å². The zero-order valence-corrected chi connectivity index (χ0v) is 11.5. The quantitative estimate of drug-likeness (QED) is 0.798. The van der Waals surface area contributed by atoms with E-state index in [0.717, 1.165) is 6.54 Å². The van der Waals surface area contributed by atoms with E-state index in [1.807, 2.05) is 0 Å². The molecule has 0 aromatic rings. The minimum Gasteiger partial charge on any atom is -0.329 e. The first-order valence-corrected chi connectivity index (χ1v) is 6.78. The third-order valence-corrected chi connectivity index (χ3v) is 5.30. The second kappa shape index (κ2) is 3.71. The predicted octanol–water partition coefficient (Wildman–Crippen LogP) is 2.63. The highest BCUT2D eigenvalue weighted by Crippen LogP contribution is 2.56. The van der Waals surface area contributed by atoms with Gasteiger partial charge in [0.2, 0.25) is 0 Å². The Morgan fingerprint density at radius 3 is 2.25 bits per heavy atom. The molecule has 2 aliphatic rings. The van der Waals surface area contributed by atoms with Crippen molar-refractivity contribution in [2.24, 2.45) is 16.6 Å². The monoisotopic (exact) mass is 224 g/mol. The summed E-state index contributed by atoms with van der Waals surface area (Å²) in [6.45, 7) is 12.9. The van der Waals surface area contributed by atoms with Crippen molar-refractivity contribution in [3.05, 3.63) is 0 Å². The molecule has 0 bridgehead atoms. The highest BCUT2D eigenvalue weighted by molar-refractivity contribution is 5.10. The molecule has 1 aliphatic heterocycles. The molecule has 0 aromatic heterocycles. The van der Waals surface area contributed by atoms with Crippen LogP contribution in [-0.4, -0.2) is 30.1 Å². The van der Waals surface area contributed by atoms with Crippen molar-refractivity contribution in [1.82, 2.24) is 4.90 Å². The molecule has 0 amide bonds. The number of nitrogens with two attached hydrogens (primary N) is 1. The Hall–Kier alpha value is -0.0800. The zero-order valence-electron chi connectivity index (χ0n) is 11.5. The normalized spacial score (nSPS) is 32.1. The van der Waals surface area contributed by atoms with Crippen molar-refractivity contribution in [3.8, 4) is 0 Å². The van der Waals surface area contributed by atoms with Crippen LogP contribution in [0.4, 0.5) is 0 Å². The third kappa shape index (κ3) is 1.91. The number of rotatable bonds is 3. The number of hydrogen-bond donors (Lipinski definition) is 1. The Balaban J connectivity index is 2.15. The standard InChI is InChI=1S/C14H28N2/c1-12(2)6-5-9-16(11-12)14(4,10-15)13(3)7-8-13/h5-11,15H2,1-4H3. The molecule has 94 valence electrons. The predicted molar refractivity (Wildman–Crippen MR) is 69.4 cm³/mol. The largest absolute Gasteiger partial charge is 0.329 e. The van der Waals surface area contributed by atoms with Gasteiger partial charge in [0.25, 0.3) is 0 Å². The minimum absolute atomic E-state index is 0.227. The van der Waals surface area contributed by atoms with Crippen molar-refractivity contribution in [2.75, 3.05) is 19.6 Å². The molecule has 1 heterocycles. The van der Waals surface area contributed by atoms with E-state index in [2.05, 4.69) is 32.6 Å². The molecule has 1 saturated carbocycles. The summed E-state index contributed by atoms with van der Waals surface area (Å²) in [5, 5.41) is 0. The Kier molecular flexibility index (Phi) is 2.87. The number of hydrogen-bond acceptors (Lipinski definition) is 2. The van der Waals surface area contributed by atoms with Gasteiger partial charge >= 0.3 is 0 Å². The fourth-order valence-corrected chi connectivity index (χ4v) is 3.33. The molecule has 2 heteroatoms. The van der Waals surface area contributed by atoms with Crippen LogP contribution >= 0.6 is 0 Å². The summed E-state index contributed by atoms with van der Waals surface area (Å²) < 4.78 is 0. The van der Waals surface area contributed by atoms with E-state index < -0.39 is 0 Å². The van der Waals surface area contributed by atoms with Crippen LogP contribution in [0, 0.1) is 10.8 Å². The van der Waals surface area contributed by atoms with Gasteiger partial charge in [0.1, 0.15) is 0 Å². The van der Waals surface area contributed by atoms with Crippen LogP contribution in [0.15, 0.2) is 0 Å². The second-order valence-electron chi connectivity index (χ2n) is 7.23. The molecule has 1 saturated heterocycles. The van der Waals surface area contributed by atoms with E-state index in [1.165, 1.54) is 38.8 Å². The number of piperidine rings is 1. The Morgan fingerprint density at radius 1 is 1.19 bits per heavy atom. The van der Waals surface area contributed by atoms with Gasteiger partial charge in [-0.15, -0.1) is 0 Å². The molecular formula is C14H28N2. The smallest absolute Gasteiger partial charge is 0.0357 e. The Labute approximate surface area is 101 Å². The summed E-state index contributed by atoms with van der Waals surface area (Å²) >= 11 is 0. The first kappa shape index (κ1) is 12.4. The molecule has 0 aromatic carbocycles. The molecule has 1 unspecified atom stereocenters. The van der Waals surface area contributed by atoms with E-state index >= 15 is 0 Å².